The fourth-order valence-corrected chi connectivity index (χ4v) is 2.22. The number of hydrogen-bond donors (Lipinski definition) is 1. The molecule has 1 aromatic heterocycles. The molecule has 0 spiro atoms. The van der Waals surface area contributed by atoms with E-state index in [0.29, 0.717) is 0 Å². The lowest BCUT2D eigenvalue weighted by Gasteiger charge is -2.09. The van der Waals surface area contributed by atoms with Crippen LogP contribution < -0.4 is 0 Å². The first kappa shape index (κ1) is 13.6. The summed E-state index contributed by atoms with van der Waals surface area (Å²) < 4.78 is 1.99. The Bertz CT molecular complexity index is 555. The number of aliphatic hydroxyl groups excluding tert-OH is 1. The van der Waals surface area contributed by atoms with E-state index >= 15 is 0 Å². The average Bonchev–Trinajstić information content (AvgIpc) is 2.84. The van der Waals surface area contributed by atoms with E-state index in [0.717, 1.165) is 29.7 Å². The summed E-state index contributed by atoms with van der Waals surface area (Å²) >= 11 is 0. The maximum atomic E-state index is 9.04. The Morgan fingerprint density at radius 2 is 2.05 bits per heavy atom. The number of allylic oxidation sites excluding steroid dienone is 1. The van der Waals surface area contributed by atoms with Crippen LogP contribution in [-0.4, -0.2) is 21.5 Å². The number of para-hydroxylation sites is 1. The van der Waals surface area contributed by atoms with Crippen LogP contribution in [-0.2, 0) is 6.42 Å². The van der Waals surface area contributed by atoms with Gasteiger partial charge in [0.2, 0.25) is 0 Å². The van der Waals surface area contributed by atoms with Gasteiger partial charge in [0, 0.05) is 5.56 Å². The molecule has 2 rings (SSSR count). The van der Waals surface area contributed by atoms with Gasteiger partial charge >= 0.3 is 0 Å². The topological polar surface area (TPSA) is 38.1 Å². The average molecular weight is 256 g/mol. The molecule has 1 N–H and O–H groups in total. The van der Waals surface area contributed by atoms with Gasteiger partial charge in [-0.2, -0.15) is 5.10 Å². The van der Waals surface area contributed by atoms with Gasteiger partial charge in [0.05, 0.1) is 24.2 Å². The molecule has 0 saturated carbocycles. The molecule has 100 valence electrons. The van der Waals surface area contributed by atoms with Crippen molar-refractivity contribution >= 4 is 5.57 Å². The minimum absolute atomic E-state index is 0.0634. The summed E-state index contributed by atoms with van der Waals surface area (Å²) in [6.45, 7) is 4.24. The molecule has 0 aliphatic rings. The van der Waals surface area contributed by atoms with Crippen LogP contribution in [0.25, 0.3) is 11.3 Å². The van der Waals surface area contributed by atoms with Crippen molar-refractivity contribution in [3.05, 3.63) is 53.9 Å². The summed E-state index contributed by atoms with van der Waals surface area (Å²) in [5.41, 5.74) is 4.48. The van der Waals surface area contributed by atoms with Crippen LogP contribution in [0.4, 0.5) is 0 Å². The molecule has 0 aliphatic carbocycles. The summed E-state index contributed by atoms with van der Waals surface area (Å²) in [6, 6.07) is 10.2. The molecule has 0 saturated heterocycles. The maximum Gasteiger partial charge on any atom is 0.0649 e. The van der Waals surface area contributed by atoms with Gasteiger partial charge in [-0.05, 0) is 31.1 Å². The Balaban J connectivity index is 2.49. The van der Waals surface area contributed by atoms with Gasteiger partial charge in [-0.15, -0.1) is 0 Å². The summed E-state index contributed by atoms with van der Waals surface area (Å²) in [4.78, 5) is 0. The van der Waals surface area contributed by atoms with E-state index in [1.165, 1.54) is 5.69 Å². The molecule has 3 nitrogen and oxygen atoms in total. The lowest BCUT2D eigenvalue weighted by atomic mass is 10.1. The molecule has 1 heterocycles. The van der Waals surface area contributed by atoms with Crippen molar-refractivity contribution in [1.29, 1.82) is 0 Å². The van der Waals surface area contributed by atoms with Crippen LogP contribution in [0.1, 0.15) is 31.5 Å². The van der Waals surface area contributed by atoms with Crippen molar-refractivity contribution in [2.45, 2.75) is 26.7 Å². The van der Waals surface area contributed by atoms with Gasteiger partial charge in [-0.25, -0.2) is 4.68 Å². The van der Waals surface area contributed by atoms with Crippen LogP contribution in [0, 0.1) is 0 Å². The van der Waals surface area contributed by atoms with E-state index in [1.807, 2.05) is 42.1 Å². The summed E-state index contributed by atoms with van der Waals surface area (Å²) in [5.74, 6) is 0. The molecular weight excluding hydrogens is 236 g/mol. The van der Waals surface area contributed by atoms with Gasteiger partial charge in [0.1, 0.15) is 0 Å². The number of aromatic nitrogens is 2. The Morgan fingerprint density at radius 3 is 2.68 bits per heavy atom. The Labute approximate surface area is 114 Å². The third-order valence-electron chi connectivity index (χ3n) is 3.18. The van der Waals surface area contributed by atoms with E-state index in [-0.39, 0.29) is 6.61 Å². The normalized spacial score (nSPS) is 11.8. The zero-order chi connectivity index (χ0) is 13.7. The molecule has 0 bridgehead atoms. The fraction of sp³-hybridized carbons (Fsp3) is 0.312. The second-order valence-electron chi connectivity index (χ2n) is 4.57. The molecule has 0 fully saturated rings. The number of nitrogens with zero attached hydrogens (tertiary/aromatic N) is 2. The Hall–Kier alpha value is -1.87. The molecule has 3 heteroatoms. The third kappa shape index (κ3) is 2.93. The first-order valence-corrected chi connectivity index (χ1v) is 6.68. The molecule has 0 atom stereocenters. The molecule has 2 aromatic rings. The largest absolute Gasteiger partial charge is 0.392 e. The van der Waals surface area contributed by atoms with Crippen molar-refractivity contribution in [2.75, 3.05) is 6.61 Å². The van der Waals surface area contributed by atoms with E-state index in [9.17, 15) is 0 Å². The van der Waals surface area contributed by atoms with E-state index in [2.05, 4.69) is 24.2 Å². The maximum absolute atomic E-state index is 9.04. The highest BCUT2D eigenvalue weighted by molar-refractivity contribution is 5.65. The highest BCUT2D eigenvalue weighted by Gasteiger charge is 2.12. The van der Waals surface area contributed by atoms with E-state index in [4.69, 9.17) is 5.11 Å². The van der Waals surface area contributed by atoms with Crippen molar-refractivity contribution in [2.24, 2.45) is 0 Å². The SMILES string of the molecule is CCCc1c(/C(C)=C/CO)cnn1-c1ccccc1. The van der Waals surface area contributed by atoms with Crippen LogP contribution in [0.5, 0.6) is 0 Å². The first-order chi connectivity index (χ1) is 9.27. The van der Waals surface area contributed by atoms with Gasteiger partial charge in [-0.1, -0.05) is 37.6 Å². The zero-order valence-electron chi connectivity index (χ0n) is 11.5. The predicted molar refractivity (Wildman–Crippen MR) is 78.3 cm³/mol. The van der Waals surface area contributed by atoms with Crippen LogP contribution in [0.2, 0.25) is 0 Å². The molecule has 0 unspecified atom stereocenters. The molecule has 1 aromatic carbocycles. The van der Waals surface area contributed by atoms with Crippen molar-refractivity contribution in [1.82, 2.24) is 9.78 Å². The highest BCUT2D eigenvalue weighted by Crippen LogP contribution is 2.22. The van der Waals surface area contributed by atoms with Crippen molar-refractivity contribution < 1.29 is 5.11 Å². The van der Waals surface area contributed by atoms with Crippen molar-refractivity contribution in [3.63, 3.8) is 0 Å². The number of rotatable bonds is 5. The molecular formula is C16H20N2O. The van der Waals surface area contributed by atoms with Crippen LogP contribution >= 0.6 is 0 Å². The lowest BCUT2D eigenvalue weighted by Crippen LogP contribution is -2.03. The summed E-state index contributed by atoms with van der Waals surface area (Å²) in [7, 11) is 0. The molecule has 0 aliphatic heterocycles. The lowest BCUT2D eigenvalue weighted by molar-refractivity contribution is 0.343. The predicted octanol–water partition coefficient (Wildman–Crippen LogP) is 3.22. The Morgan fingerprint density at radius 1 is 1.32 bits per heavy atom. The fourth-order valence-electron chi connectivity index (χ4n) is 2.22. The molecule has 0 radical (unpaired) electrons. The van der Waals surface area contributed by atoms with E-state index < -0.39 is 0 Å². The number of benzene rings is 1. The quantitative estimate of drug-likeness (QED) is 0.892. The molecule has 0 amide bonds. The van der Waals surface area contributed by atoms with Crippen LogP contribution in [0.3, 0.4) is 0 Å². The van der Waals surface area contributed by atoms with Gasteiger partial charge < -0.3 is 5.11 Å². The monoisotopic (exact) mass is 256 g/mol. The zero-order valence-corrected chi connectivity index (χ0v) is 11.5. The van der Waals surface area contributed by atoms with Crippen molar-refractivity contribution in [3.8, 4) is 5.69 Å². The minimum Gasteiger partial charge on any atom is -0.392 e. The Kier molecular flexibility index (Phi) is 4.53. The minimum atomic E-state index is 0.0634. The van der Waals surface area contributed by atoms with Crippen LogP contribution in [0.15, 0.2) is 42.6 Å². The highest BCUT2D eigenvalue weighted by atomic mass is 16.2. The van der Waals surface area contributed by atoms with Gasteiger partial charge in [-0.3, -0.25) is 0 Å². The second kappa shape index (κ2) is 6.34. The smallest absolute Gasteiger partial charge is 0.0649 e. The third-order valence-corrected chi connectivity index (χ3v) is 3.18. The van der Waals surface area contributed by atoms with Gasteiger partial charge in [0.25, 0.3) is 0 Å². The van der Waals surface area contributed by atoms with Gasteiger partial charge in [0.15, 0.2) is 0 Å². The first-order valence-electron chi connectivity index (χ1n) is 6.68. The summed E-state index contributed by atoms with van der Waals surface area (Å²) in [5, 5.41) is 13.5. The second-order valence-corrected chi connectivity index (χ2v) is 4.57. The molecule has 19 heavy (non-hydrogen) atoms. The standard InChI is InChI=1S/C16H20N2O/c1-3-7-16-15(13(2)10-11-19)12-17-18(16)14-8-5-4-6-9-14/h4-6,8-10,12,19H,3,7,11H2,1-2H3/b13-10+. The number of hydrogen-bond acceptors (Lipinski definition) is 2. The number of aliphatic hydroxyl groups is 1. The van der Waals surface area contributed by atoms with E-state index in [1.54, 1.807) is 0 Å². The summed E-state index contributed by atoms with van der Waals surface area (Å²) in [6.07, 6.45) is 5.75.